The fraction of sp³-hybridized carbons (Fsp3) is 0. The Labute approximate surface area is 135 Å². The molecule has 3 aromatic heterocycles. The molecule has 1 aromatic carbocycles. The Kier molecular flexibility index (Phi) is 3.32. The zero-order valence-electron chi connectivity index (χ0n) is 11.9. The lowest BCUT2D eigenvalue weighted by Gasteiger charge is -2.03. The molecular weight excluding hydrogens is 310 g/mol. The number of carbonyl (C=O) groups excluding carboxylic acids is 1. The van der Waals surface area contributed by atoms with Crippen LogP contribution in [0.3, 0.4) is 0 Å². The Morgan fingerprint density at radius 3 is 2.83 bits per heavy atom. The zero-order valence-corrected chi connectivity index (χ0v) is 12.7. The summed E-state index contributed by atoms with van der Waals surface area (Å²) in [6.07, 6.45) is 6.67. The van der Waals surface area contributed by atoms with E-state index >= 15 is 0 Å². The Bertz CT molecular complexity index is 927. The molecule has 0 aliphatic rings. The van der Waals surface area contributed by atoms with Crippen molar-refractivity contribution in [2.75, 3.05) is 5.32 Å². The third-order valence-electron chi connectivity index (χ3n) is 3.29. The fourth-order valence-corrected chi connectivity index (χ4v) is 3.02. The Balaban J connectivity index is 1.54. The van der Waals surface area contributed by atoms with Crippen LogP contribution in [0.4, 0.5) is 5.13 Å². The van der Waals surface area contributed by atoms with E-state index in [0.717, 1.165) is 10.2 Å². The maximum Gasteiger partial charge on any atom is 0.259 e. The molecule has 0 saturated carbocycles. The van der Waals surface area contributed by atoms with E-state index in [0.29, 0.717) is 16.5 Å². The maximum absolute atomic E-state index is 12.3. The highest BCUT2D eigenvalue weighted by molar-refractivity contribution is 7.22. The van der Waals surface area contributed by atoms with Crippen LogP contribution >= 0.6 is 11.3 Å². The third-order valence-corrected chi connectivity index (χ3v) is 4.25. The van der Waals surface area contributed by atoms with Gasteiger partial charge in [0.25, 0.3) is 5.91 Å². The van der Waals surface area contributed by atoms with Gasteiger partial charge >= 0.3 is 0 Å². The van der Waals surface area contributed by atoms with Crippen LogP contribution in [0.25, 0.3) is 16.0 Å². The summed E-state index contributed by atoms with van der Waals surface area (Å²) >= 11 is 1.45. The summed E-state index contributed by atoms with van der Waals surface area (Å²) in [7, 11) is 0. The molecule has 7 heteroatoms. The van der Waals surface area contributed by atoms with Gasteiger partial charge in [0.05, 0.1) is 15.8 Å². The molecular formula is C16H11N5OS. The van der Waals surface area contributed by atoms with Gasteiger partial charge in [-0.25, -0.2) is 15.0 Å². The van der Waals surface area contributed by atoms with Crippen molar-refractivity contribution in [2.45, 2.75) is 0 Å². The van der Waals surface area contributed by atoms with Gasteiger partial charge in [0.2, 0.25) is 0 Å². The molecule has 0 aliphatic heterocycles. The van der Waals surface area contributed by atoms with Gasteiger partial charge in [0.1, 0.15) is 12.1 Å². The molecule has 6 nitrogen and oxygen atoms in total. The van der Waals surface area contributed by atoms with E-state index in [1.807, 2.05) is 24.3 Å². The number of hydrogen-bond donors (Lipinski definition) is 1. The first kappa shape index (κ1) is 13.6. The van der Waals surface area contributed by atoms with Gasteiger partial charge in [-0.2, -0.15) is 0 Å². The maximum atomic E-state index is 12.3. The smallest absolute Gasteiger partial charge is 0.259 e. The van der Waals surface area contributed by atoms with Crippen molar-refractivity contribution in [1.82, 2.24) is 19.5 Å². The minimum Gasteiger partial charge on any atom is -0.298 e. The van der Waals surface area contributed by atoms with Crippen molar-refractivity contribution < 1.29 is 4.79 Å². The van der Waals surface area contributed by atoms with Crippen LogP contribution in [0.1, 0.15) is 10.4 Å². The van der Waals surface area contributed by atoms with Crippen LogP contribution in [-0.4, -0.2) is 25.4 Å². The average molecular weight is 321 g/mol. The summed E-state index contributed by atoms with van der Waals surface area (Å²) in [6.45, 7) is 0. The van der Waals surface area contributed by atoms with Gasteiger partial charge in [-0.15, -0.1) is 0 Å². The molecule has 0 spiro atoms. The topological polar surface area (TPSA) is 72.7 Å². The summed E-state index contributed by atoms with van der Waals surface area (Å²) in [5.41, 5.74) is 1.36. The van der Waals surface area contributed by atoms with E-state index in [-0.39, 0.29) is 5.91 Å². The lowest BCUT2D eigenvalue weighted by molar-refractivity contribution is 0.102. The predicted octanol–water partition coefficient (Wildman–Crippen LogP) is 3.13. The molecule has 0 fully saturated rings. The van der Waals surface area contributed by atoms with E-state index < -0.39 is 0 Å². The standard InChI is InChI=1S/C16H11N5OS/c22-15(20-16-19-12-3-1-2-4-13(12)23-16)11-5-6-14(18-9-11)21-8-7-17-10-21/h1-10H,(H,19,20,22). The number of rotatable bonds is 3. The summed E-state index contributed by atoms with van der Waals surface area (Å²) < 4.78 is 2.81. The summed E-state index contributed by atoms with van der Waals surface area (Å²) in [6, 6.07) is 11.3. The van der Waals surface area contributed by atoms with Crippen molar-refractivity contribution in [3.05, 3.63) is 66.9 Å². The van der Waals surface area contributed by atoms with E-state index in [2.05, 4.69) is 20.3 Å². The summed E-state index contributed by atoms with van der Waals surface area (Å²) in [5.74, 6) is 0.479. The number of nitrogens with zero attached hydrogens (tertiary/aromatic N) is 4. The van der Waals surface area contributed by atoms with Gasteiger partial charge in [-0.05, 0) is 24.3 Å². The number of para-hydroxylation sites is 1. The van der Waals surface area contributed by atoms with E-state index in [1.165, 1.54) is 17.5 Å². The highest BCUT2D eigenvalue weighted by Gasteiger charge is 2.10. The molecule has 23 heavy (non-hydrogen) atoms. The number of thiazole rings is 1. The lowest BCUT2D eigenvalue weighted by Crippen LogP contribution is -2.12. The SMILES string of the molecule is O=C(Nc1nc2ccccc2s1)c1ccc(-n2ccnc2)nc1. The van der Waals surface area contributed by atoms with Gasteiger partial charge < -0.3 is 0 Å². The van der Waals surface area contributed by atoms with Crippen molar-refractivity contribution >= 4 is 32.6 Å². The lowest BCUT2D eigenvalue weighted by atomic mass is 10.2. The molecule has 0 unspecified atom stereocenters. The average Bonchev–Trinajstić information content (AvgIpc) is 3.24. The van der Waals surface area contributed by atoms with E-state index in [4.69, 9.17) is 0 Å². The quantitative estimate of drug-likeness (QED) is 0.629. The minimum absolute atomic E-state index is 0.228. The van der Waals surface area contributed by atoms with Crippen LogP contribution in [0.5, 0.6) is 0 Å². The van der Waals surface area contributed by atoms with Crippen LogP contribution in [0.15, 0.2) is 61.3 Å². The highest BCUT2D eigenvalue weighted by Crippen LogP contribution is 2.25. The van der Waals surface area contributed by atoms with Crippen molar-refractivity contribution in [3.63, 3.8) is 0 Å². The number of imidazole rings is 1. The number of anilines is 1. The van der Waals surface area contributed by atoms with Gasteiger partial charge in [0, 0.05) is 18.6 Å². The second-order valence-electron chi connectivity index (χ2n) is 4.82. The first-order chi connectivity index (χ1) is 11.3. The first-order valence-electron chi connectivity index (χ1n) is 6.91. The van der Waals surface area contributed by atoms with Gasteiger partial charge in [-0.1, -0.05) is 23.5 Å². The molecule has 3 heterocycles. The number of fused-ring (bicyclic) bond motifs is 1. The molecule has 0 atom stereocenters. The van der Waals surface area contributed by atoms with Gasteiger partial charge in [-0.3, -0.25) is 14.7 Å². The van der Waals surface area contributed by atoms with Crippen molar-refractivity contribution in [2.24, 2.45) is 0 Å². The number of carbonyl (C=O) groups is 1. The molecule has 1 amide bonds. The molecule has 112 valence electrons. The zero-order chi connectivity index (χ0) is 15.6. The monoisotopic (exact) mass is 321 g/mol. The second kappa shape index (κ2) is 5.62. The normalized spacial score (nSPS) is 10.8. The number of aromatic nitrogens is 4. The number of hydrogen-bond acceptors (Lipinski definition) is 5. The molecule has 1 N–H and O–H groups in total. The van der Waals surface area contributed by atoms with E-state index in [1.54, 1.807) is 35.4 Å². The molecule has 4 aromatic rings. The Morgan fingerprint density at radius 1 is 1.17 bits per heavy atom. The molecule has 0 bridgehead atoms. The summed E-state index contributed by atoms with van der Waals surface area (Å²) in [5, 5.41) is 3.39. The van der Waals surface area contributed by atoms with Crippen LogP contribution in [0.2, 0.25) is 0 Å². The minimum atomic E-state index is -0.228. The number of amides is 1. The number of benzene rings is 1. The molecule has 4 rings (SSSR count). The fourth-order valence-electron chi connectivity index (χ4n) is 2.16. The molecule has 0 saturated heterocycles. The molecule has 0 radical (unpaired) electrons. The van der Waals surface area contributed by atoms with Crippen molar-refractivity contribution in [1.29, 1.82) is 0 Å². The Morgan fingerprint density at radius 2 is 2.09 bits per heavy atom. The van der Waals surface area contributed by atoms with Crippen LogP contribution in [0, 0.1) is 0 Å². The Hall–Kier alpha value is -3.06. The highest BCUT2D eigenvalue weighted by atomic mass is 32.1. The second-order valence-corrected chi connectivity index (χ2v) is 5.85. The largest absolute Gasteiger partial charge is 0.298 e. The number of pyridine rings is 1. The third kappa shape index (κ3) is 2.69. The van der Waals surface area contributed by atoms with E-state index in [9.17, 15) is 4.79 Å². The van der Waals surface area contributed by atoms with Crippen LogP contribution < -0.4 is 5.32 Å². The van der Waals surface area contributed by atoms with Crippen molar-refractivity contribution in [3.8, 4) is 5.82 Å². The van der Waals surface area contributed by atoms with Crippen LogP contribution in [-0.2, 0) is 0 Å². The number of nitrogens with one attached hydrogen (secondary N) is 1. The first-order valence-corrected chi connectivity index (χ1v) is 7.72. The molecule has 0 aliphatic carbocycles. The summed E-state index contributed by atoms with van der Waals surface area (Å²) in [4.78, 5) is 24.9. The van der Waals surface area contributed by atoms with Gasteiger partial charge in [0.15, 0.2) is 5.13 Å². The predicted molar refractivity (Wildman–Crippen MR) is 88.9 cm³/mol.